The average molecular weight is 434 g/mol. The maximum absolute atomic E-state index is 12.4. The van der Waals surface area contributed by atoms with Crippen LogP contribution in [0, 0.1) is 0 Å². The maximum Gasteiger partial charge on any atom is 0.329 e. The number of hydrogen-bond donors (Lipinski definition) is 5. The number of aromatic nitrogens is 6. The number of ether oxygens (including phenoxy) is 1. The molecule has 0 saturated heterocycles. The molecule has 5 N–H and O–H groups in total. The molecule has 1 atom stereocenters. The number of imidazole rings is 1. The van der Waals surface area contributed by atoms with Crippen LogP contribution < -0.4 is 22.5 Å². The van der Waals surface area contributed by atoms with Gasteiger partial charge in [0, 0.05) is 7.05 Å². The lowest BCUT2D eigenvalue weighted by molar-refractivity contribution is 0.0405. The number of aryl methyl sites for hydroxylation is 1. The molecule has 0 spiro atoms. The van der Waals surface area contributed by atoms with Gasteiger partial charge in [0.25, 0.3) is 17.1 Å². The first-order valence-electron chi connectivity index (χ1n) is 8.76. The third kappa shape index (κ3) is 4.41. The van der Waals surface area contributed by atoms with Crippen molar-refractivity contribution >= 4 is 22.8 Å². The minimum absolute atomic E-state index is 0.0542. The molecule has 3 aromatic heterocycles. The molecule has 15 nitrogen and oxygen atoms in total. The summed E-state index contributed by atoms with van der Waals surface area (Å²) in [5.41, 5.74) is -4.23. The molecule has 164 valence electrons. The van der Waals surface area contributed by atoms with Crippen molar-refractivity contribution in [1.82, 2.24) is 29.1 Å². The van der Waals surface area contributed by atoms with E-state index in [2.05, 4.69) is 26.8 Å². The Morgan fingerprint density at radius 1 is 1.19 bits per heavy atom. The zero-order valence-corrected chi connectivity index (χ0v) is 16.2. The number of aromatic hydroxyl groups is 1. The third-order valence-electron chi connectivity index (χ3n) is 4.06. The van der Waals surface area contributed by atoms with Crippen LogP contribution in [-0.2, 0) is 18.3 Å². The van der Waals surface area contributed by atoms with E-state index in [0.717, 1.165) is 4.57 Å². The van der Waals surface area contributed by atoms with Crippen LogP contribution in [0.4, 0.5) is 11.6 Å². The number of rotatable bonds is 8. The third-order valence-corrected chi connectivity index (χ3v) is 4.06. The van der Waals surface area contributed by atoms with E-state index in [0.29, 0.717) is 0 Å². The predicted octanol–water partition coefficient (Wildman–Crippen LogP) is -1.52. The first-order chi connectivity index (χ1) is 14.7. The molecule has 0 unspecified atom stereocenters. The highest BCUT2D eigenvalue weighted by Crippen LogP contribution is 2.23. The zero-order valence-electron chi connectivity index (χ0n) is 16.2. The van der Waals surface area contributed by atoms with Gasteiger partial charge in [-0.05, 0) is 0 Å². The van der Waals surface area contributed by atoms with E-state index in [1.165, 1.54) is 17.7 Å². The van der Waals surface area contributed by atoms with Gasteiger partial charge in [-0.25, -0.2) is 9.59 Å². The van der Waals surface area contributed by atoms with Crippen molar-refractivity contribution < 1.29 is 14.9 Å². The van der Waals surface area contributed by atoms with Crippen LogP contribution in [0.15, 0.2) is 42.1 Å². The van der Waals surface area contributed by atoms with Crippen LogP contribution >= 0.6 is 0 Å². The normalized spacial score (nSPS) is 12.6. The first kappa shape index (κ1) is 21.6. The lowest BCUT2D eigenvalue weighted by Gasteiger charge is -2.12. The van der Waals surface area contributed by atoms with Gasteiger partial charge in [0.05, 0.1) is 25.9 Å². The van der Waals surface area contributed by atoms with Crippen LogP contribution in [0.1, 0.15) is 0 Å². The summed E-state index contributed by atoms with van der Waals surface area (Å²) in [5.74, 6) is -1.09. The van der Waals surface area contributed by atoms with Crippen LogP contribution in [0.3, 0.4) is 0 Å². The summed E-state index contributed by atoms with van der Waals surface area (Å²) in [4.78, 5) is 57.3. The second kappa shape index (κ2) is 8.72. The molecule has 0 aliphatic heterocycles. The fourth-order valence-electron chi connectivity index (χ4n) is 2.68. The van der Waals surface area contributed by atoms with E-state index in [1.54, 1.807) is 0 Å². The highest BCUT2D eigenvalue weighted by Gasteiger charge is 2.20. The van der Waals surface area contributed by atoms with E-state index in [4.69, 9.17) is 4.74 Å². The summed E-state index contributed by atoms with van der Waals surface area (Å²) in [7, 11) is 1.36. The van der Waals surface area contributed by atoms with E-state index in [-0.39, 0.29) is 36.9 Å². The Balaban J connectivity index is 2.13. The van der Waals surface area contributed by atoms with Crippen LogP contribution in [-0.4, -0.2) is 58.6 Å². The van der Waals surface area contributed by atoms with E-state index in [1.807, 2.05) is 9.97 Å². The Morgan fingerprint density at radius 2 is 1.94 bits per heavy atom. The average Bonchev–Trinajstić information content (AvgIpc) is 3.04. The first-order valence-corrected chi connectivity index (χ1v) is 8.76. The molecule has 0 aliphatic carbocycles. The molecule has 3 heterocycles. The molecule has 0 bridgehead atoms. The monoisotopic (exact) mass is 434 g/mol. The fourth-order valence-corrected chi connectivity index (χ4v) is 2.68. The van der Waals surface area contributed by atoms with Crippen molar-refractivity contribution in [3.05, 3.63) is 54.3 Å². The standard InChI is InChI=1S/C16H18N8O7/c1-3-4-31-6-7(25)5-24-9-10(23(2)16(30)20-13(9)28)17-14(24)22-21-8-11(26)18-15(29)19-12(8)27/h3,7,25H,1,4-6H2,2H3,(H,20,28,30)(H3,18,19,26,27,29)/t7-/m1/s1. The van der Waals surface area contributed by atoms with E-state index in [9.17, 15) is 29.4 Å². The Kier molecular flexibility index (Phi) is 6.07. The number of nitrogens with zero attached hydrogens (tertiary/aromatic N) is 5. The van der Waals surface area contributed by atoms with Gasteiger partial charge < -0.3 is 14.9 Å². The smallest absolute Gasteiger partial charge is 0.329 e. The largest absolute Gasteiger partial charge is 0.493 e. The van der Waals surface area contributed by atoms with Crippen molar-refractivity contribution in [1.29, 1.82) is 0 Å². The number of aromatic amines is 3. The number of H-pyrrole nitrogens is 3. The van der Waals surface area contributed by atoms with Gasteiger partial charge in [-0.3, -0.25) is 33.7 Å². The Hall–Kier alpha value is -4.11. The summed E-state index contributed by atoms with van der Waals surface area (Å²) >= 11 is 0. The van der Waals surface area contributed by atoms with Gasteiger partial charge in [-0.1, -0.05) is 6.08 Å². The number of hydrogen-bond acceptors (Lipinski definition) is 10. The molecular formula is C16H18N8O7. The minimum Gasteiger partial charge on any atom is -0.493 e. The lowest BCUT2D eigenvalue weighted by atomic mass is 10.3. The van der Waals surface area contributed by atoms with Crippen molar-refractivity contribution in [2.24, 2.45) is 17.3 Å². The van der Waals surface area contributed by atoms with Gasteiger partial charge in [-0.15, -0.1) is 16.8 Å². The quantitative estimate of drug-likeness (QED) is 0.159. The summed E-state index contributed by atoms with van der Waals surface area (Å²) in [6, 6.07) is 0. The van der Waals surface area contributed by atoms with Crippen molar-refractivity contribution in [3.63, 3.8) is 0 Å². The van der Waals surface area contributed by atoms with Crippen LogP contribution in [0.2, 0.25) is 0 Å². The molecule has 0 aliphatic rings. The summed E-state index contributed by atoms with van der Waals surface area (Å²) in [6.45, 7) is 3.36. The SMILES string of the molecule is C=CCOC[C@H](O)Cn1c(N=Nc2c(O)[nH]c(=O)[nH]c2=O)nc2c1c(=O)[nH]c(=O)n2C. The number of azo groups is 1. The summed E-state index contributed by atoms with van der Waals surface area (Å²) < 4.78 is 7.41. The minimum atomic E-state index is -1.10. The second-order valence-corrected chi connectivity index (χ2v) is 6.30. The van der Waals surface area contributed by atoms with Gasteiger partial charge in [0.1, 0.15) is 0 Å². The molecule has 0 aromatic carbocycles. The molecule has 15 heteroatoms. The molecule has 0 radical (unpaired) electrons. The second-order valence-electron chi connectivity index (χ2n) is 6.30. The van der Waals surface area contributed by atoms with Gasteiger partial charge in [0.2, 0.25) is 11.6 Å². The number of aliphatic hydroxyl groups excluding tert-OH is 1. The number of aliphatic hydroxyl groups is 1. The van der Waals surface area contributed by atoms with E-state index < -0.39 is 40.2 Å². The highest BCUT2D eigenvalue weighted by atomic mass is 16.5. The van der Waals surface area contributed by atoms with Gasteiger partial charge >= 0.3 is 11.4 Å². The number of fused-ring (bicyclic) bond motifs is 1. The molecular weight excluding hydrogens is 416 g/mol. The van der Waals surface area contributed by atoms with Crippen molar-refractivity contribution in [2.45, 2.75) is 12.6 Å². The summed E-state index contributed by atoms with van der Waals surface area (Å²) in [5, 5.41) is 27.3. The Labute approximate surface area is 171 Å². The predicted molar refractivity (Wildman–Crippen MR) is 106 cm³/mol. The van der Waals surface area contributed by atoms with Crippen LogP contribution in [0.25, 0.3) is 11.2 Å². The molecule has 0 amide bonds. The van der Waals surface area contributed by atoms with Crippen molar-refractivity contribution in [3.8, 4) is 5.88 Å². The van der Waals surface area contributed by atoms with Gasteiger partial charge in [-0.2, -0.15) is 4.98 Å². The zero-order chi connectivity index (χ0) is 22.7. The lowest BCUT2D eigenvalue weighted by Crippen LogP contribution is -2.30. The molecule has 3 aromatic rings. The highest BCUT2D eigenvalue weighted by molar-refractivity contribution is 5.73. The fraction of sp³-hybridized carbons (Fsp3) is 0.312. The van der Waals surface area contributed by atoms with E-state index >= 15 is 0 Å². The Bertz CT molecular complexity index is 1390. The van der Waals surface area contributed by atoms with Crippen molar-refractivity contribution in [2.75, 3.05) is 13.2 Å². The van der Waals surface area contributed by atoms with Crippen LogP contribution in [0.5, 0.6) is 5.88 Å². The van der Waals surface area contributed by atoms with Gasteiger partial charge in [0.15, 0.2) is 11.2 Å². The molecule has 3 rings (SSSR count). The molecule has 31 heavy (non-hydrogen) atoms. The Morgan fingerprint density at radius 3 is 2.61 bits per heavy atom. The summed E-state index contributed by atoms with van der Waals surface area (Å²) in [6.07, 6.45) is 0.390. The topological polar surface area (TPSA) is 213 Å². The number of nitrogens with one attached hydrogen (secondary N) is 3. The molecule has 0 fully saturated rings. The molecule has 0 saturated carbocycles. The maximum atomic E-state index is 12.4.